The number of hydrogen-bond donors (Lipinski definition) is 2. The smallest absolute Gasteiger partial charge is 0.227 e. The van der Waals surface area contributed by atoms with Crippen LogP contribution in [0.5, 0.6) is 11.5 Å². The van der Waals surface area contributed by atoms with E-state index in [1.807, 2.05) is 9.80 Å². The van der Waals surface area contributed by atoms with Crippen LogP contribution < -0.4 is 20.1 Å². The number of benzene rings is 2. The van der Waals surface area contributed by atoms with Crippen LogP contribution in [0.2, 0.25) is 0 Å². The van der Waals surface area contributed by atoms with Gasteiger partial charge in [0.2, 0.25) is 11.8 Å². The summed E-state index contributed by atoms with van der Waals surface area (Å²) in [7, 11) is 3.05. The molecule has 0 radical (unpaired) electrons. The van der Waals surface area contributed by atoms with Gasteiger partial charge in [0.25, 0.3) is 0 Å². The van der Waals surface area contributed by atoms with Crippen LogP contribution in [0.15, 0.2) is 36.4 Å². The number of amides is 2. The lowest BCUT2D eigenvalue weighted by Gasteiger charge is -2.27. The Bertz CT molecular complexity index is 1110. The van der Waals surface area contributed by atoms with Crippen molar-refractivity contribution in [2.45, 2.75) is 12.8 Å². The molecule has 40 heavy (non-hydrogen) atoms. The fourth-order valence-corrected chi connectivity index (χ4v) is 4.28. The van der Waals surface area contributed by atoms with E-state index in [0.29, 0.717) is 35.5 Å². The average Bonchev–Trinajstić information content (AvgIpc) is 2.98. The highest BCUT2D eigenvalue weighted by molar-refractivity contribution is 5.85. The minimum absolute atomic E-state index is 0. The summed E-state index contributed by atoms with van der Waals surface area (Å²) in [5.74, 6) is 1.28. The van der Waals surface area contributed by atoms with Crippen molar-refractivity contribution in [2.75, 3.05) is 66.6 Å². The number of carbonyl (C=O) groups excluding carboxylic acids is 2. The topological polar surface area (TPSA) is 131 Å². The Hall–Kier alpha value is -3.54. The van der Waals surface area contributed by atoms with Crippen LogP contribution in [0.3, 0.4) is 0 Å². The van der Waals surface area contributed by atoms with E-state index in [0.717, 1.165) is 63.5 Å². The summed E-state index contributed by atoms with van der Waals surface area (Å²) < 4.78 is 10.3. The van der Waals surface area contributed by atoms with E-state index in [9.17, 15) is 9.59 Å². The molecule has 0 aliphatic carbocycles. The van der Waals surface area contributed by atoms with Gasteiger partial charge in [-0.3, -0.25) is 9.59 Å². The van der Waals surface area contributed by atoms with Crippen LogP contribution in [0.1, 0.15) is 22.3 Å². The third-order valence-electron chi connectivity index (χ3n) is 6.42. The van der Waals surface area contributed by atoms with Crippen LogP contribution >= 0.6 is 24.8 Å². The van der Waals surface area contributed by atoms with Crippen molar-refractivity contribution in [3.8, 4) is 23.6 Å². The second kappa shape index (κ2) is 17.9. The molecule has 0 atom stereocenters. The van der Waals surface area contributed by atoms with Crippen molar-refractivity contribution >= 4 is 36.6 Å². The van der Waals surface area contributed by atoms with E-state index in [1.165, 1.54) is 14.2 Å². The molecule has 0 aromatic heterocycles. The second-order valence-corrected chi connectivity index (χ2v) is 8.91. The molecule has 2 amide bonds. The standard InChI is InChI=1S/2C14H17N3O2.2ClH/c2*1-19-13-8-11(2-3-12(13)10-15)9-14(18)17-6-4-16-5-7-17;;/h2*2-3,8,16H,4-7,9H2,1H3;2*1H. The van der Waals surface area contributed by atoms with Crippen molar-refractivity contribution in [1.29, 1.82) is 10.5 Å². The molecule has 0 bridgehead atoms. The highest BCUT2D eigenvalue weighted by Crippen LogP contribution is 2.21. The van der Waals surface area contributed by atoms with Gasteiger partial charge in [0.1, 0.15) is 23.6 Å². The Morgan fingerprint density at radius 2 is 1.07 bits per heavy atom. The second-order valence-electron chi connectivity index (χ2n) is 8.91. The van der Waals surface area contributed by atoms with Crippen molar-refractivity contribution in [3.05, 3.63) is 58.7 Å². The predicted octanol–water partition coefficient (Wildman–Crippen LogP) is 1.93. The van der Waals surface area contributed by atoms with Gasteiger partial charge in [-0.2, -0.15) is 10.5 Å². The Kier molecular flexibility index (Phi) is 15.5. The van der Waals surface area contributed by atoms with Crippen molar-refractivity contribution in [2.24, 2.45) is 0 Å². The van der Waals surface area contributed by atoms with Crippen molar-refractivity contribution in [1.82, 2.24) is 20.4 Å². The molecule has 4 rings (SSSR count). The van der Waals surface area contributed by atoms with Gasteiger partial charge in [0.05, 0.1) is 38.2 Å². The summed E-state index contributed by atoms with van der Waals surface area (Å²) in [5, 5.41) is 24.3. The van der Waals surface area contributed by atoms with Crippen LogP contribution in [0.4, 0.5) is 0 Å². The summed E-state index contributed by atoms with van der Waals surface area (Å²) in [6, 6.07) is 14.6. The van der Waals surface area contributed by atoms with Crippen LogP contribution in [0.25, 0.3) is 0 Å². The third kappa shape index (κ3) is 9.89. The first-order valence-corrected chi connectivity index (χ1v) is 12.6. The summed E-state index contributed by atoms with van der Waals surface area (Å²) >= 11 is 0. The Morgan fingerprint density at radius 3 is 1.38 bits per heavy atom. The predicted molar refractivity (Wildman–Crippen MR) is 156 cm³/mol. The Balaban J connectivity index is 0.000000381. The van der Waals surface area contributed by atoms with Gasteiger partial charge in [0, 0.05) is 52.4 Å². The molecule has 2 aromatic rings. The van der Waals surface area contributed by atoms with E-state index < -0.39 is 0 Å². The van der Waals surface area contributed by atoms with Gasteiger partial charge in [-0.15, -0.1) is 24.8 Å². The zero-order valence-electron chi connectivity index (χ0n) is 22.8. The normalized spacial score (nSPS) is 14.1. The summed E-state index contributed by atoms with van der Waals surface area (Å²) in [6.07, 6.45) is 0.699. The van der Waals surface area contributed by atoms with Gasteiger partial charge in [-0.25, -0.2) is 0 Å². The maximum Gasteiger partial charge on any atom is 0.227 e. The lowest BCUT2D eigenvalue weighted by atomic mass is 10.1. The largest absolute Gasteiger partial charge is 0.495 e. The van der Waals surface area contributed by atoms with E-state index in [-0.39, 0.29) is 36.6 Å². The fourth-order valence-electron chi connectivity index (χ4n) is 4.28. The summed E-state index contributed by atoms with van der Waals surface area (Å²) in [6.45, 7) is 6.42. The minimum Gasteiger partial charge on any atom is -0.495 e. The van der Waals surface area contributed by atoms with Gasteiger partial charge in [0.15, 0.2) is 0 Å². The molecular formula is C28H36Cl2N6O4. The molecule has 2 aromatic carbocycles. The number of piperazine rings is 2. The maximum atomic E-state index is 12.1. The number of nitriles is 2. The molecule has 0 unspecified atom stereocenters. The molecule has 2 fully saturated rings. The number of hydrogen-bond acceptors (Lipinski definition) is 8. The third-order valence-corrected chi connectivity index (χ3v) is 6.42. The number of nitrogens with zero attached hydrogens (tertiary/aromatic N) is 4. The first kappa shape index (κ1) is 34.5. The molecule has 0 spiro atoms. The lowest BCUT2D eigenvalue weighted by Crippen LogP contribution is -2.46. The molecule has 2 aliphatic heterocycles. The fraction of sp³-hybridized carbons (Fsp3) is 0.429. The van der Waals surface area contributed by atoms with Gasteiger partial charge in [-0.05, 0) is 35.4 Å². The van der Waals surface area contributed by atoms with E-state index in [2.05, 4.69) is 22.8 Å². The van der Waals surface area contributed by atoms with Gasteiger partial charge < -0.3 is 29.9 Å². The number of methoxy groups -OCH3 is 2. The molecule has 2 saturated heterocycles. The summed E-state index contributed by atoms with van der Waals surface area (Å²) in [4.78, 5) is 28.0. The van der Waals surface area contributed by atoms with Gasteiger partial charge >= 0.3 is 0 Å². The van der Waals surface area contributed by atoms with Crippen LogP contribution in [-0.4, -0.2) is 88.2 Å². The highest BCUT2D eigenvalue weighted by Gasteiger charge is 2.18. The number of rotatable bonds is 6. The number of ether oxygens (including phenoxy) is 2. The first-order chi connectivity index (χ1) is 18.5. The molecule has 0 saturated carbocycles. The van der Waals surface area contributed by atoms with Crippen molar-refractivity contribution < 1.29 is 19.1 Å². The van der Waals surface area contributed by atoms with Crippen LogP contribution in [-0.2, 0) is 22.4 Å². The van der Waals surface area contributed by atoms with E-state index in [1.54, 1.807) is 36.4 Å². The van der Waals surface area contributed by atoms with Crippen molar-refractivity contribution in [3.63, 3.8) is 0 Å². The summed E-state index contributed by atoms with van der Waals surface area (Å²) in [5.41, 5.74) is 2.72. The number of halogens is 2. The molecule has 12 heteroatoms. The average molecular weight is 592 g/mol. The Morgan fingerprint density at radius 1 is 0.725 bits per heavy atom. The Labute approximate surface area is 248 Å². The quantitative estimate of drug-likeness (QED) is 0.522. The monoisotopic (exact) mass is 590 g/mol. The van der Waals surface area contributed by atoms with Gasteiger partial charge in [-0.1, -0.05) is 12.1 Å². The molecule has 2 N–H and O–H groups in total. The zero-order valence-corrected chi connectivity index (χ0v) is 24.4. The van der Waals surface area contributed by atoms with E-state index >= 15 is 0 Å². The molecule has 10 nitrogen and oxygen atoms in total. The molecule has 216 valence electrons. The SMILES string of the molecule is COc1cc(CC(=O)N2CCNCC2)ccc1C#N.COc1cc(CC(=O)N2CCNCC2)ccc1C#N.Cl.Cl. The molecular weight excluding hydrogens is 555 g/mol. The van der Waals surface area contributed by atoms with Crippen LogP contribution in [0, 0.1) is 22.7 Å². The lowest BCUT2D eigenvalue weighted by molar-refractivity contribution is -0.131. The highest BCUT2D eigenvalue weighted by atomic mass is 35.5. The first-order valence-electron chi connectivity index (χ1n) is 12.6. The minimum atomic E-state index is 0. The molecule has 2 aliphatic rings. The molecule has 2 heterocycles. The van der Waals surface area contributed by atoms with E-state index in [4.69, 9.17) is 20.0 Å². The number of nitrogens with one attached hydrogen (secondary N) is 2. The number of carbonyl (C=O) groups is 2. The maximum absolute atomic E-state index is 12.1. The zero-order chi connectivity index (χ0) is 27.3.